The third-order valence-corrected chi connectivity index (χ3v) is 3.38. The molecule has 6 nitrogen and oxygen atoms in total. The molecule has 27 heavy (non-hydrogen) atoms. The minimum atomic E-state index is -0.665. The molecule has 2 aromatic rings. The average molecular weight is 364 g/mol. The van der Waals surface area contributed by atoms with Crippen LogP contribution < -0.4 is 10.6 Å². The summed E-state index contributed by atoms with van der Waals surface area (Å²) in [4.78, 5) is 35.8. The number of benzene rings is 2. The zero-order chi connectivity index (χ0) is 19.6. The summed E-state index contributed by atoms with van der Waals surface area (Å²) in [5.74, 6) is -1.34. The van der Waals surface area contributed by atoms with Crippen molar-refractivity contribution in [1.82, 2.24) is 5.32 Å². The van der Waals surface area contributed by atoms with Gasteiger partial charge in [0.1, 0.15) is 12.3 Å². The summed E-state index contributed by atoms with van der Waals surface area (Å²) in [6.07, 6.45) is 2.98. The van der Waals surface area contributed by atoms with Crippen molar-refractivity contribution in [3.8, 4) is 0 Å². The number of carbonyl (C=O) groups excluding carboxylic acids is 3. The van der Waals surface area contributed by atoms with Crippen LogP contribution >= 0.6 is 0 Å². The van der Waals surface area contributed by atoms with Crippen LogP contribution in [0.15, 0.2) is 72.9 Å². The Morgan fingerprint density at radius 3 is 2.30 bits per heavy atom. The van der Waals surface area contributed by atoms with E-state index >= 15 is 0 Å². The minimum absolute atomic E-state index is 0.0130. The molecule has 0 unspecified atom stereocenters. The molecule has 0 saturated carbocycles. The Bertz CT molecular complexity index is 856. The van der Waals surface area contributed by atoms with Gasteiger partial charge in [0.05, 0.1) is 0 Å². The van der Waals surface area contributed by atoms with Gasteiger partial charge in [-0.2, -0.15) is 0 Å². The highest BCUT2D eigenvalue weighted by atomic mass is 16.5. The highest BCUT2D eigenvalue weighted by Gasteiger charge is 2.16. The molecular formula is C21H20N2O4. The Morgan fingerprint density at radius 2 is 1.70 bits per heavy atom. The average Bonchev–Trinajstić information content (AvgIpc) is 2.66. The molecule has 0 atom stereocenters. The highest BCUT2D eigenvalue weighted by Crippen LogP contribution is 2.11. The number of anilines is 1. The topological polar surface area (TPSA) is 84.5 Å². The maximum absolute atomic E-state index is 12.5. The third kappa shape index (κ3) is 6.28. The van der Waals surface area contributed by atoms with E-state index in [1.165, 1.54) is 19.1 Å². The first-order valence-electron chi connectivity index (χ1n) is 8.23. The Balaban J connectivity index is 2.19. The van der Waals surface area contributed by atoms with Crippen LogP contribution in [0.1, 0.15) is 22.8 Å². The first-order valence-corrected chi connectivity index (χ1v) is 8.23. The zero-order valence-corrected chi connectivity index (χ0v) is 14.9. The Hall–Kier alpha value is -3.67. The minimum Gasteiger partial charge on any atom is -0.457 e. The summed E-state index contributed by atoms with van der Waals surface area (Å²) in [6.45, 7) is 4.93. The molecule has 138 valence electrons. The van der Waals surface area contributed by atoms with Crippen LogP contribution in [0.25, 0.3) is 6.08 Å². The maximum Gasteiger partial charge on any atom is 0.355 e. The number of nitrogens with one attached hydrogen (secondary N) is 2. The Kier molecular flexibility index (Phi) is 7.07. The molecule has 2 rings (SSSR count). The summed E-state index contributed by atoms with van der Waals surface area (Å²) in [6, 6.07) is 15.4. The summed E-state index contributed by atoms with van der Waals surface area (Å²) in [7, 11) is 0. The van der Waals surface area contributed by atoms with Crippen LogP contribution in [0.5, 0.6) is 0 Å². The molecule has 0 aromatic heterocycles. The van der Waals surface area contributed by atoms with E-state index in [0.29, 0.717) is 11.3 Å². The fraction of sp³-hybridized carbons (Fsp3) is 0.0952. The van der Waals surface area contributed by atoms with Gasteiger partial charge in [0.2, 0.25) is 5.91 Å². The molecule has 6 heteroatoms. The van der Waals surface area contributed by atoms with E-state index in [4.69, 9.17) is 4.74 Å². The van der Waals surface area contributed by atoms with Crippen molar-refractivity contribution in [1.29, 1.82) is 0 Å². The summed E-state index contributed by atoms with van der Waals surface area (Å²) >= 11 is 0. The molecule has 2 N–H and O–H groups in total. The number of hydrogen-bond acceptors (Lipinski definition) is 4. The van der Waals surface area contributed by atoms with E-state index in [9.17, 15) is 14.4 Å². The van der Waals surface area contributed by atoms with Crippen molar-refractivity contribution in [2.75, 3.05) is 11.9 Å². The van der Waals surface area contributed by atoms with E-state index < -0.39 is 11.9 Å². The second kappa shape index (κ2) is 9.72. The fourth-order valence-electron chi connectivity index (χ4n) is 2.18. The fourth-order valence-corrected chi connectivity index (χ4v) is 2.18. The van der Waals surface area contributed by atoms with Gasteiger partial charge in [-0.3, -0.25) is 9.59 Å². The van der Waals surface area contributed by atoms with Crippen molar-refractivity contribution in [2.45, 2.75) is 6.92 Å². The monoisotopic (exact) mass is 364 g/mol. The summed E-state index contributed by atoms with van der Waals surface area (Å²) < 4.78 is 5.04. The molecule has 2 aromatic carbocycles. The smallest absolute Gasteiger partial charge is 0.355 e. The quantitative estimate of drug-likeness (QED) is 0.449. The normalized spacial score (nSPS) is 10.6. The second-order valence-corrected chi connectivity index (χ2v) is 5.57. The van der Waals surface area contributed by atoms with Gasteiger partial charge in [0.15, 0.2) is 0 Å². The maximum atomic E-state index is 12.5. The van der Waals surface area contributed by atoms with E-state index in [2.05, 4.69) is 17.2 Å². The van der Waals surface area contributed by atoms with E-state index in [1.54, 1.807) is 36.4 Å². The van der Waals surface area contributed by atoms with Gasteiger partial charge >= 0.3 is 5.97 Å². The molecular weight excluding hydrogens is 344 g/mol. The van der Waals surface area contributed by atoms with Crippen molar-refractivity contribution in [2.24, 2.45) is 0 Å². The third-order valence-electron chi connectivity index (χ3n) is 3.38. The Labute approximate surface area is 157 Å². The molecule has 0 aliphatic rings. The van der Waals surface area contributed by atoms with E-state index in [0.717, 1.165) is 5.56 Å². The number of carbonyl (C=O) groups is 3. The first kappa shape index (κ1) is 19.7. The van der Waals surface area contributed by atoms with Crippen LogP contribution in [0.4, 0.5) is 5.69 Å². The molecule has 0 spiro atoms. The van der Waals surface area contributed by atoms with Gasteiger partial charge in [-0.25, -0.2) is 4.79 Å². The number of esters is 1. The first-order chi connectivity index (χ1) is 13.0. The molecule has 0 aliphatic heterocycles. The molecule has 0 bridgehead atoms. The van der Waals surface area contributed by atoms with Crippen LogP contribution in [0.2, 0.25) is 0 Å². The Morgan fingerprint density at radius 1 is 1.04 bits per heavy atom. The largest absolute Gasteiger partial charge is 0.457 e. The van der Waals surface area contributed by atoms with Gasteiger partial charge in [-0.15, -0.1) is 0 Å². The van der Waals surface area contributed by atoms with Crippen molar-refractivity contribution in [3.63, 3.8) is 0 Å². The lowest BCUT2D eigenvalue weighted by molar-refractivity contribution is -0.138. The summed E-state index contributed by atoms with van der Waals surface area (Å²) in [5.41, 5.74) is 1.66. The van der Waals surface area contributed by atoms with Gasteiger partial charge in [0, 0.05) is 18.2 Å². The lowest BCUT2D eigenvalue weighted by Gasteiger charge is -2.10. The van der Waals surface area contributed by atoms with Crippen LogP contribution in [-0.2, 0) is 14.3 Å². The standard InChI is InChI=1S/C21H20N2O4/c1-3-13-27-21(26)19(14-16-7-5-4-6-8-16)23-20(25)17-9-11-18(12-10-17)22-15(2)24/h3-12,14H,1,13H2,2H3,(H,22,24)(H,23,25). The lowest BCUT2D eigenvalue weighted by atomic mass is 10.1. The molecule has 0 aliphatic carbocycles. The van der Waals surface area contributed by atoms with Gasteiger partial charge < -0.3 is 15.4 Å². The van der Waals surface area contributed by atoms with Gasteiger partial charge in [-0.1, -0.05) is 43.0 Å². The van der Waals surface area contributed by atoms with E-state index in [1.807, 2.05) is 18.2 Å². The van der Waals surface area contributed by atoms with Crippen LogP contribution in [-0.4, -0.2) is 24.4 Å². The van der Waals surface area contributed by atoms with Crippen molar-refractivity contribution < 1.29 is 19.1 Å². The van der Waals surface area contributed by atoms with Gasteiger partial charge in [-0.05, 0) is 35.9 Å². The highest BCUT2D eigenvalue weighted by molar-refractivity contribution is 6.03. The number of amides is 2. The molecule has 0 saturated heterocycles. The van der Waals surface area contributed by atoms with E-state index in [-0.39, 0.29) is 18.2 Å². The predicted molar refractivity (Wildman–Crippen MR) is 104 cm³/mol. The molecule has 0 radical (unpaired) electrons. The van der Waals surface area contributed by atoms with Crippen LogP contribution in [0, 0.1) is 0 Å². The molecule has 2 amide bonds. The number of hydrogen-bond donors (Lipinski definition) is 2. The zero-order valence-electron chi connectivity index (χ0n) is 14.9. The van der Waals surface area contributed by atoms with Gasteiger partial charge in [0.25, 0.3) is 5.91 Å². The number of rotatable bonds is 7. The van der Waals surface area contributed by atoms with Crippen LogP contribution in [0.3, 0.4) is 0 Å². The molecule has 0 fully saturated rings. The predicted octanol–water partition coefficient (Wildman–Crippen LogP) is 3.15. The second-order valence-electron chi connectivity index (χ2n) is 5.57. The van der Waals surface area contributed by atoms with Crippen molar-refractivity contribution >= 4 is 29.5 Å². The molecule has 0 heterocycles. The van der Waals surface area contributed by atoms with Crippen molar-refractivity contribution in [3.05, 3.63) is 84.1 Å². The lowest BCUT2D eigenvalue weighted by Crippen LogP contribution is -2.28. The SMILES string of the molecule is C=CCOC(=O)C(=Cc1ccccc1)NC(=O)c1ccc(NC(C)=O)cc1. The number of ether oxygens (including phenoxy) is 1. The summed E-state index contributed by atoms with van der Waals surface area (Å²) in [5, 5.41) is 5.20.